The van der Waals surface area contributed by atoms with Crippen LogP contribution >= 0.6 is 0 Å². The lowest BCUT2D eigenvalue weighted by molar-refractivity contribution is 0.597. The average Bonchev–Trinajstić information content (AvgIpc) is 2.75. The highest BCUT2D eigenvalue weighted by Gasteiger charge is 2.12. The van der Waals surface area contributed by atoms with Crippen LogP contribution in [-0.4, -0.2) is 33.9 Å². The van der Waals surface area contributed by atoms with E-state index in [0.717, 1.165) is 17.8 Å². The maximum Gasteiger partial charge on any atom is 0.233 e. The summed E-state index contributed by atoms with van der Waals surface area (Å²) in [5.41, 5.74) is 1.79. The van der Waals surface area contributed by atoms with E-state index in [1.807, 2.05) is 26.8 Å². The van der Waals surface area contributed by atoms with Crippen LogP contribution in [0.4, 0.5) is 5.82 Å². The van der Waals surface area contributed by atoms with Gasteiger partial charge in [-0.2, -0.15) is 5.10 Å². The van der Waals surface area contributed by atoms with Gasteiger partial charge >= 0.3 is 0 Å². The summed E-state index contributed by atoms with van der Waals surface area (Å²) in [4.78, 5) is 8.08. The van der Waals surface area contributed by atoms with Crippen molar-refractivity contribution < 1.29 is 8.42 Å². The van der Waals surface area contributed by atoms with Gasteiger partial charge in [0.15, 0.2) is 5.82 Å². The van der Waals surface area contributed by atoms with E-state index in [1.54, 1.807) is 10.7 Å². The maximum atomic E-state index is 11.9. The van der Waals surface area contributed by atoms with Crippen molar-refractivity contribution in [3.05, 3.63) is 29.8 Å². The average molecular weight is 309 g/mol. The molecule has 0 aromatic carbocycles. The summed E-state index contributed by atoms with van der Waals surface area (Å²) >= 11 is 0. The molecule has 7 nitrogen and oxygen atoms in total. The molecule has 0 aliphatic carbocycles. The molecule has 2 heterocycles. The van der Waals surface area contributed by atoms with Crippen molar-refractivity contribution in [2.24, 2.45) is 0 Å². The standard InChI is InChI=1S/C13H19N5O2S/c1-4-5-6-21(19,20)17-12-8-13(15-9-14-12)18-11(3)7-10(2)16-18/h7-9H,4-6H2,1-3H3,(H,14,15,17). The van der Waals surface area contributed by atoms with E-state index in [-0.39, 0.29) is 11.6 Å². The number of hydrogen-bond donors (Lipinski definition) is 1. The Morgan fingerprint density at radius 3 is 2.62 bits per heavy atom. The number of aryl methyl sites for hydroxylation is 2. The summed E-state index contributed by atoms with van der Waals surface area (Å²) in [6, 6.07) is 3.50. The van der Waals surface area contributed by atoms with Crippen LogP contribution in [0, 0.1) is 13.8 Å². The molecule has 0 saturated heterocycles. The third-order valence-electron chi connectivity index (χ3n) is 2.91. The van der Waals surface area contributed by atoms with Crippen LogP contribution in [0.5, 0.6) is 0 Å². The van der Waals surface area contributed by atoms with Crippen LogP contribution < -0.4 is 4.72 Å². The fraction of sp³-hybridized carbons (Fsp3) is 0.462. The first-order valence-corrected chi connectivity index (χ1v) is 8.42. The minimum absolute atomic E-state index is 0.0861. The lowest BCUT2D eigenvalue weighted by Crippen LogP contribution is -2.17. The number of rotatable bonds is 6. The summed E-state index contributed by atoms with van der Waals surface area (Å²) < 4.78 is 27.9. The minimum atomic E-state index is -3.37. The van der Waals surface area contributed by atoms with E-state index in [9.17, 15) is 8.42 Å². The number of unbranched alkanes of at least 4 members (excludes halogenated alkanes) is 1. The normalized spacial score (nSPS) is 11.6. The lowest BCUT2D eigenvalue weighted by atomic mass is 10.4. The van der Waals surface area contributed by atoms with Crippen LogP contribution in [0.3, 0.4) is 0 Å². The summed E-state index contributed by atoms with van der Waals surface area (Å²) in [6.45, 7) is 5.74. The van der Waals surface area contributed by atoms with Crippen LogP contribution in [0.2, 0.25) is 0 Å². The predicted octanol–water partition coefficient (Wildman–Crippen LogP) is 1.82. The molecule has 0 atom stereocenters. The molecule has 1 N–H and O–H groups in total. The summed E-state index contributed by atoms with van der Waals surface area (Å²) in [7, 11) is -3.37. The zero-order valence-electron chi connectivity index (χ0n) is 12.4. The second-order valence-electron chi connectivity index (χ2n) is 4.87. The first kappa shape index (κ1) is 15.4. The molecule has 114 valence electrons. The van der Waals surface area contributed by atoms with E-state index < -0.39 is 10.0 Å². The van der Waals surface area contributed by atoms with Gasteiger partial charge in [-0.05, 0) is 26.3 Å². The van der Waals surface area contributed by atoms with Gasteiger partial charge in [-0.3, -0.25) is 4.72 Å². The molecule has 8 heteroatoms. The summed E-state index contributed by atoms with van der Waals surface area (Å²) in [5.74, 6) is 0.871. The lowest BCUT2D eigenvalue weighted by Gasteiger charge is -2.08. The van der Waals surface area contributed by atoms with E-state index in [2.05, 4.69) is 19.8 Å². The van der Waals surface area contributed by atoms with Crippen LogP contribution in [0.25, 0.3) is 5.82 Å². The number of aromatic nitrogens is 4. The van der Waals surface area contributed by atoms with Gasteiger partial charge in [-0.15, -0.1) is 0 Å². The smallest absolute Gasteiger partial charge is 0.233 e. The quantitative estimate of drug-likeness (QED) is 0.879. The molecule has 2 rings (SSSR count). The van der Waals surface area contributed by atoms with E-state index in [0.29, 0.717) is 12.2 Å². The van der Waals surface area contributed by atoms with Gasteiger partial charge in [0.05, 0.1) is 11.4 Å². The van der Waals surface area contributed by atoms with E-state index in [1.165, 1.54) is 6.33 Å². The Morgan fingerprint density at radius 2 is 2.00 bits per heavy atom. The third-order valence-corrected chi connectivity index (χ3v) is 4.25. The van der Waals surface area contributed by atoms with Crippen LogP contribution in [0.15, 0.2) is 18.5 Å². The Labute approximate surface area is 124 Å². The molecular weight excluding hydrogens is 290 g/mol. The summed E-state index contributed by atoms with van der Waals surface area (Å²) in [6.07, 6.45) is 2.76. The molecule has 0 bridgehead atoms. The highest BCUT2D eigenvalue weighted by molar-refractivity contribution is 7.92. The zero-order chi connectivity index (χ0) is 15.5. The largest absolute Gasteiger partial charge is 0.267 e. The van der Waals surface area contributed by atoms with Gasteiger partial charge in [0.1, 0.15) is 12.1 Å². The maximum absolute atomic E-state index is 11.9. The van der Waals surface area contributed by atoms with Crippen molar-refractivity contribution in [1.82, 2.24) is 19.7 Å². The van der Waals surface area contributed by atoms with Crippen molar-refractivity contribution in [2.75, 3.05) is 10.5 Å². The molecule has 0 amide bonds. The Bertz CT molecular complexity index is 724. The van der Waals surface area contributed by atoms with Crippen LogP contribution in [0.1, 0.15) is 31.2 Å². The van der Waals surface area contributed by atoms with Gasteiger partial charge in [-0.25, -0.2) is 23.1 Å². The molecule has 0 unspecified atom stereocenters. The van der Waals surface area contributed by atoms with E-state index >= 15 is 0 Å². The zero-order valence-corrected chi connectivity index (χ0v) is 13.2. The Morgan fingerprint density at radius 1 is 1.24 bits per heavy atom. The number of sulfonamides is 1. The highest BCUT2D eigenvalue weighted by atomic mass is 32.2. The molecule has 2 aromatic rings. The van der Waals surface area contributed by atoms with Crippen molar-refractivity contribution >= 4 is 15.8 Å². The SMILES string of the molecule is CCCCS(=O)(=O)Nc1cc(-n2nc(C)cc2C)ncn1. The third kappa shape index (κ3) is 4.01. The van der Waals surface area contributed by atoms with E-state index in [4.69, 9.17) is 0 Å². The fourth-order valence-electron chi connectivity index (χ4n) is 1.92. The molecule has 0 radical (unpaired) electrons. The summed E-state index contributed by atoms with van der Waals surface area (Å²) in [5, 5.41) is 4.32. The molecule has 2 aromatic heterocycles. The molecule has 0 fully saturated rings. The van der Waals surface area contributed by atoms with Crippen molar-refractivity contribution in [3.8, 4) is 5.82 Å². The fourth-order valence-corrected chi connectivity index (χ4v) is 3.13. The number of nitrogens with zero attached hydrogens (tertiary/aromatic N) is 4. The first-order chi connectivity index (χ1) is 9.91. The Hall–Kier alpha value is -1.96. The van der Waals surface area contributed by atoms with Crippen LogP contribution in [-0.2, 0) is 10.0 Å². The topological polar surface area (TPSA) is 89.8 Å². The molecule has 0 aliphatic heterocycles. The number of nitrogens with one attached hydrogen (secondary N) is 1. The molecule has 21 heavy (non-hydrogen) atoms. The number of anilines is 1. The van der Waals surface area contributed by atoms with Crippen molar-refractivity contribution in [1.29, 1.82) is 0 Å². The monoisotopic (exact) mass is 309 g/mol. The molecule has 0 aliphatic rings. The van der Waals surface area contributed by atoms with Gasteiger partial charge in [0.2, 0.25) is 10.0 Å². The van der Waals surface area contributed by atoms with Gasteiger partial charge < -0.3 is 0 Å². The second-order valence-corrected chi connectivity index (χ2v) is 6.72. The predicted molar refractivity (Wildman–Crippen MR) is 80.9 cm³/mol. The van der Waals surface area contributed by atoms with Gasteiger partial charge in [0.25, 0.3) is 0 Å². The van der Waals surface area contributed by atoms with Crippen molar-refractivity contribution in [2.45, 2.75) is 33.6 Å². The van der Waals surface area contributed by atoms with Gasteiger partial charge in [-0.1, -0.05) is 13.3 Å². The molecule has 0 saturated carbocycles. The van der Waals surface area contributed by atoms with Gasteiger partial charge in [0, 0.05) is 11.8 Å². The molecule has 0 spiro atoms. The minimum Gasteiger partial charge on any atom is -0.267 e. The second kappa shape index (κ2) is 6.21. The first-order valence-electron chi connectivity index (χ1n) is 6.77. The Kier molecular flexibility index (Phi) is 4.56. The Balaban J connectivity index is 2.24. The molecular formula is C13H19N5O2S. The number of hydrogen-bond acceptors (Lipinski definition) is 5. The van der Waals surface area contributed by atoms with Crippen molar-refractivity contribution in [3.63, 3.8) is 0 Å². The highest BCUT2D eigenvalue weighted by Crippen LogP contribution is 2.13.